The van der Waals surface area contributed by atoms with Gasteiger partial charge in [0.15, 0.2) is 0 Å². The molecule has 4 nitrogen and oxygen atoms in total. The maximum absolute atomic E-state index is 5.16. The van der Waals surface area contributed by atoms with Crippen LogP contribution in [0, 0.1) is 5.92 Å². The highest BCUT2D eigenvalue weighted by Gasteiger charge is 2.22. The summed E-state index contributed by atoms with van der Waals surface area (Å²) in [4.78, 5) is 6.96. The van der Waals surface area contributed by atoms with Crippen LogP contribution in [0.15, 0.2) is 18.3 Å². The Balaban J connectivity index is 0.00000220. The number of methoxy groups -OCH3 is 1. The number of ether oxygens (including phenoxy) is 1. The molecule has 1 atom stereocenters. The van der Waals surface area contributed by atoms with Crippen LogP contribution in [0.5, 0.6) is 5.88 Å². The summed E-state index contributed by atoms with van der Waals surface area (Å²) in [5, 5.41) is 3.43. The van der Waals surface area contributed by atoms with Gasteiger partial charge in [0.1, 0.15) is 0 Å². The van der Waals surface area contributed by atoms with E-state index in [1.165, 1.54) is 18.4 Å². The highest BCUT2D eigenvalue weighted by molar-refractivity contribution is 5.85. The second-order valence-corrected chi connectivity index (χ2v) is 5.91. The Morgan fingerprint density at radius 3 is 2.36 bits per heavy atom. The predicted octanol–water partition coefficient (Wildman–Crippen LogP) is 3.32. The third-order valence-corrected chi connectivity index (χ3v) is 3.96. The standard InChI is InChI=1S/C16H27N3O.2ClH/c1-13(2)4-6-15(19-10-8-17-9-11-19)14-5-7-16(20-3)18-12-14;;/h5,7,12-13,15,17H,4,6,8-11H2,1-3H3;2*1H/t15-;;/m1../s1. The van der Waals surface area contributed by atoms with Crippen LogP contribution in [0.1, 0.15) is 38.3 Å². The van der Waals surface area contributed by atoms with Gasteiger partial charge in [0.05, 0.1) is 7.11 Å². The molecule has 1 saturated heterocycles. The van der Waals surface area contributed by atoms with E-state index in [1.54, 1.807) is 7.11 Å². The Labute approximate surface area is 146 Å². The first-order chi connectivity index (χ1) is 9.70. The molecule has 0 bridgehead atoms. The van der Waals surface area contributed by atoms with E-state index in [4.69, 9.17) is 4.74 Å². The number of nitrogens with one attached hydrogen (secondary N) is 1. The van der Waals surface area contributed by atoms with Gasteiger partial charge in [-0.2, -0.15) is 0 Å². The minimum Gasteiger partial charge on any atom is -0.481 e. The Morgan fingerprint density at radius 1 is 1.18 bits per heavy atom. The molecule has 2 rings (SSSR count). The van der Waals surface area contributed by atoms with Gasteiger partial charge in [-0.15, -0.1) is 24.8 Å². The zero-order valence-corrected chi connectivity index (χ0v) is 15.4. The molecule has 1 aromatic rings. The van der Waals surface area contributed by atoms with E-state index < -0.39 is 0 Å². The van der Waals surface area contributed by atoms with Crippen LogP contribution in [0.25, 0.3) is 0 Å². The van der Waals surface area contributed by atoms with Crippen LogP contribution in [0.2, 0.25) is 0 Å². The fourth-order valence-electron chi connectivity index (χ4n) is 2.75. The molecule has 1 N–H and O–H groups in total. The molecule has 1 aliphatic rings. The van der Waals surface area contributed by atoms with Gasteiger partial charge in [0, 0.05) is 44.5 Å². The van der Waals surface area contributed by atoms with E-state index in [9.17, 15) is 0 Å². The molecule has 128 valence electrons. The van der Waals surface area contributed by atoms with Crippen LogP contribution in [0.4, 0.5) is 0 Å². The van der Waals surface area contributed by atoms with Gasteiger partial charge in [-0.3, -0.25) is 4.90 Å². The van der Waals surface area contributed by atoms with Crippen molar-refractivity contribution in [3.05, 3.63) is 23.9 Å². The highest BCUT2D eigenvalue weighted by atomic mass is 35.5. The number of pyridine rings is 1. The number of nitrogens with zero attached hydrogens (tertiary/aromatic N) is 2. The molecule has 0 amide bonds. The monoisotopic (exact) mass is 349 g/mol. The fraction of sp³-hybridized carbons (Fsp3) is 0.688. The van der Waals surface area contributed by atoms with Gasteiger partial charge < -0.3 is 10.1 Å². The molecule has 1 fully saturated rings. The van der Waals surface area contributed by atoms with Gasteiger partial charge in [-0.25, -0.2) is 4.98 Å². The SMILES string of the molecule is COc1ccc([C@@H](CCC(C)C)N2CCNCC2)cn1.Cl.Cl. The number of aromatic nitrogens is 1. The first-order valence-corrected chi connectivity index (χ1v) is 7.65. The lowest BCUT2D eigenvalue weighted by atomic mass is 9.97. The largest absolute Gasteiger partial charge is 0.481 e. The van der Waals surface area contributed by atoms with Gasteiger partial charge >= 0.3 is 0 Å². The molecule has 22 heavy (non-hydrogen) atoms. The Bertz CT molecular complexity index is 395. The molecular weight excluding hydrogens is 321 g/mol. The maximum Gasteiger partial charge on any atom is 0.212 e. The molecule has 0 aliphatic carbocycles. The summed E-state index contributed by atoms with van der Waals surface area (Å²) >= 11 is 0. The lowest BCUT2D eigenvalue weighted by molar-refractivity contribution is 0.159. The maximum atomic E-state index is 5.16. The van der Waals surface area contributed by atoms with E-state index in [1.807, 2.05) is 12.3 Å². The summed E-state index contributed by atoms with van der Waals surface area (Å²) in [5.74, 6) is 1.43. The van der Waals surface area contributed by atoms with Crippen molar-refractivity contribution in [2.24, 2.45) is 5.92 Å². The van der Waals surface area contributed by atoms with Gasteiger partial charge in [-0.05, 0) is 24.3 Å². The van der Waals surface area contributed by atoms with E-state index >= 15 is 0 Å². The normalized spacial score (nSPS) is 16.5. The van der Waals surface area contributed by atoms with Crippen molar-refractivity contribution in [1.82, 2.24) is 15.2 Å². The summed E-state index contributed by atoms with van der Waals surface area (Å²) in [6.45, 7) is 9.00. The van der Waals surface area contributed by atoms with Crippen molar-refractivity contribution in [3.63, 3.8) is 0 Å². The lowest BCUT2D eigenvalue weighted by Crippen LogP contribution is -2.45. The Kier molecular flexibility index (Phi) is 10.8. The molecule has 1 aromatic heterocycles. The molecular formula is C16H29Cl2N3O. The average Bonchev–Trinajstić information content (AvgIpc) is 2.49. The van der Waals surface area contributed by atoms with Crippen LogP contribution in [-0.4, -0.2) is 43.2 Å². The Morgan fingerprint density at radius 2 is 1.86 bits per heavy atom. The number of hydrogen-bond donors (Lipinski definition) is 1. The molecule has 0 spiro atoms. The van der Waals surface area contributed by atoms with E-state index in [0.717, 1.165) is 32.1 Å². The zero-order chi connectivity index (χ0) is 14.4. The average molecular weight is 350 g/mol. The van der Waals surface area contributed by atoms with Crippen LogP contribution >= 0.6 is 24.8 Å². The highest BCUT2D eigenvalue weighted by Crippen LogP contribution is 2.28. The number of piperazine rings is 1. The lowest BCUT2D eigenvalue weighted by Gasteiger charge is -2.35. The van der Waals surface area contributed by atoms with Crippen LogP contribution < -0.4 is 10.1 Å². The molecule has 0 unspecified atom stereocenters. The Hall–Kier alpha value is -0.550. The first-order valence-electron chi connectivity index (χ1n) is 7.65. The quantitative estimate of drug-likeness (QED) is 0.854. The molecule has 1 aliphatic heterocycles. The van der Waals surface area contributed by atoms with Crippen molar-refractivity contribution in [3.8, 4) is 5.88 Å². The predicted molar refractivity (Wildman–Crippen MR) is 96.5 cm³/mol. The number of halogens is 2. The van der Waals surface area contributed by atoms with Crippen molar-refractivity contribution in [2.75, 3.05) is 33.3 Å². The topological polar surface area (TPSA) is 37.4 Å². The van der Waals surface area contributed by atoms with Crippen LogP contribution in [0.3, 0.4) is 0 Å². The van der Waals surface area contributed by atoms with Crippen molar-refractivity contribution in [2.45, 2.75) is 32.7 Å². The molecule has 6 heteroatoms. The minimum absolute atomic E-state index is 0. The molecule has 0 radical (unpaired) electrons. The second kappa shape index (κ2) is 11.1. The molecule has 0 aromatic carbocycles. The second-order valence-electron chi connectivity index (χ2n) is 5.91. The van der Waals surface area contributed by atoms with Crippen molar-refractivity contribution >= 4 is 24.8 Å². The summed E-state index contributed by atoms with van der Waals surface area (Å²) in [7, 11) is 1.66. The third-order valence-electron chi connectivity index (χ3n) is 3.96. The molecule has 2 heterocycles. The van der Waals surface area contributed by atoms with E-state index in [-0.39, 0.29) is 24.8 Å². The van der Waals surface area contributed by atoms with Crippen molar-refractivity contribution < 1.29 is 4.74 Å². The first kappa shape index (κ1) is 21.4. The van der Waals surface area contributed by atoms with E-state index in [2.05, 4.69) is 35.1 Å². The smallest absolute Gasteiger partial charge is 0.212 e. The summed E-state index contributed by atoms with van der Waals surface area (Å²) < 4.78 is 5.16. The van der Waals surface area contributed by atoms with Crippen LogP contribution in [-0.2, 0) is 0 Å². The van der Waals surface area contributed by atoms with E-state index in [0.29, 0.717) is 11.9 Å². The van der Waals surface area contributed by atoms with Crippen molar-refractivity contribution in [1.29, 1.82) is 0 Å². The van der Waals surface area contributed by atoms with Gasteiger partial charge in [0.25, 0.3) is 0 Å². The third kappa shape index (κ3) is 6.29. The number of hydrogen-bond acceptors (Lipinski definition) is 4. The summed E-state index contributed by atoms with van der Waals surface area (Å²) in [6, 6.07) is 4.62. The zero-order valence-electron chi connectivity index (χ0n) is 13.7. The van der Waals surface area contributed by atoms with Gasteiger partial charge in [-0.1, -0.05) is 19.9 Å². The number of rotatable bonds is 6. The summed E-state index contributed by atoms with van der Waals surface area (Å²) in [6.07, 6.45) is 4.43. The molecule has 0 saturated carbocycles. The minimum atomic E-state index is 0. The fourth-order valence-corrected chi connectivity index (χ4v) is 2.75. The summed E-state index contributed by atoms with van der Waals surface area (Å²) in [5.41, 5.74) is 1.31. The van der Waals surface area contributed by atoms with Gasteiger partial charge in [0.2, 0.25) is 5.88 Å².